The number of rotatable bonds is 7. The molecule has 1 unspecified atom stereocenters. The van der Waals surface area contributed by atoms with Crippen molar-refractivity contribution in [3.8, 4) is 11.5 Å². The molecule has 0 bridgehead atoms. The molecule has 3 heterocycles. The number of ether oxygens (including phenoxy) is 2. The van der Waals surface area contributed by atoms with Crippen LogP contribution in [0.3, 0.4) is 0 Å². The molecule has 2 aromatic heterocycles. The number of aromatic nitrogens is 3. The molecule has 1 atom stereocenters. The first kappa shape index (κ1) is 21.5. The van der Waals surface area contributed by atoms with Crippen LogP contribution in [0.25, 0.3) is 0 Å². The van der Waals surface area contributed by atoms with Crippen molar-refractivity contribution in [1.82, 2.24) is 15.2 Å². The van der Waals surface area contributed by atoms with E-state index < -0.39 is 6.10 Å². The minimum absolute atomic E-state index is 0.0873. The lowest BCUT2D eigenvalue weighted by atomic mass is 10.2. The lowest BCUT2D eigenvalue weighted by molar-refractivity contribution is -0.115. The van der Waals surface area contributed by atoms with Gasteiger partial charge < -0.3 is 19.2 Å². The topological polar surface area (TPSA) is 99.4 Å². The van der Waals surface area contributed by atoms with Crippen molar-refractivity contribution in [2.75, 3.05) is 11.9 Å². The van der Waals surface area contributed by atoms with Gasteiger partial charge in [0, 0.05) is 16.8 Å². The van der Waals surface area contributed by atoms with E-state index >= 15 is 0 Å². The van der Waals surface area contributed by atoms with Gasteiger partial charge >= 0.3 is 0 Å². The zero-order valence-corrected chi connectivity index (χ0v) is 19.3. The molecule has 0 aliphatic carbocycles. The van der Waals surface area contributed by atoms with E-state index in [2.05, 4.69) is 20.5 Å². The highest BCUT2D eigenvalue weighted by atomic mass is 32.2. The smallest absolute Gasteiger partial charge is 0.277 e. The second kappa shape index (κ2) is 9.63. The number of thioether (sulfide) groups is 1. The number of carbonyl (C=O) groups excluding carboxylic acids is 1. The van der Waals surface area contributed by atoms with E-state index in [0.717, 1.165) is 22.0 Å². The number of aryl methyl sites for hydroxylation is 1. The van der Waals surface area contributed by atoms with Crippen LogP contribution in [-0.4, -0.2) is 27.7 Å². The molecule has 10 heteroatoms. The molecule has 0 saturated heterocycles. The fourth-order valence-corrected chi connectivity index (χ4v) is 4.79. The van der Waals surface area contributed by atoms with Gasteiger partial charge in [0.25, 0.3) is 11.1 Å². The molecule has 5 rings (SSSR count). The summed E-state index contributed by atoms with van der Waals surface area (Å²) in [6, 6.07) is 15.2. The molecule has 1 aliphatic heterocycles. The third kappa shape index (κ3) is 5.18. The summed E-state index contributed by atoms with van der Waals surface area (Å²) >= 11 is 2.85. The SMILES string of the molecule is Cc1ccccc1NC(=O)Cc1nc(CSc2nnc(C3COc4ccccc4O3)o2)cs1. The van der Waals surface area contributed by atoms with Crippen LogP contribution >= 0.6 is 23.1 Å². The van der Waals surface area contributed by atoms with Gasteiger partial charge in [0.15, 0.2) is 11.5 Å². The standard InChI is InChI=1S/C23H20N4O4S2/c1-14-6-2-3-7-16(14)25-20(28)10-21-24-15(12-32-21)13-33-23-27-26-22(31-23)19-11-29-17-8-4-5-9-18(17)30-19/h2-9,12,19H,10-11,13H2,1H3,(H,25,28). The number of hydrogen-bond donors (Lipinski definition) is 1. The molecular formula is C23H20N4O4S2. The summed E-state index contributed by atoms with van der Waals surface area (Å²) in [7, 11) is 0. The van der Waals surface area contributed by atoms with Gasteiger partial charge in [-0.3, -0.25) is 4.79 Å². The lowest BCUT2D eigenvalue weighted by Gasteiger charge is -2.23. The summed E-state index contributed by atoms with van der Waals surface area (Å²) < 4.78 is 17.4. The zero-order chi connectivity index (χ0) is 22.6. The number of para-hydroxylation sites is 3. The van der Waals surface area contributed by atoms with Crippen LogP contribution in [0.5, 0.6) is 11.5 Å². The van der Waals surface area contributed by atoms with Gasteiger partial charge in [0.1, 0.15) is 11.6 Å². The number of benzene rings is 2. The van der Waals surface area contributed by atoms with Crippen molar-refractivity contribution in [1.29, 1.82) is 0 Å². The van der Waals surface area contributed by atoms with Crippen LogP contribution in [0.2, 0.25) is 0 Å². The molecular weight excluding hydrogens is 460 g/mol. The summed E-state index contributed by atoms with van der Waals surface area (Å²) in [5.74, 6) is 2.20. The van der Waals surface area contributed by atoms with Gasteiger partial charge in [0.2, 0.25) is 12.0 Å². The van der Waals surface area contributed by atoms with E-state index in [-0.39, 0.29) is 12.3 Å². The Morgan fingerprint density at radius 1 is 1.15 bits per heavy atom. The molecule has 33 heavy (non-hydrogen) atoms. The normalized spacial score (nSPS) is 14.8. The number of carbonyl (C=O) groups is 1. The number of anilines is 1. The van der Waals surface area contributed by atoms with Crippen LogP contribution in [-0.2, 0) is 17.0 Å². The summed E-state index contributed by atoms with van der Waals surface area (Å²) in [5, 5.41) is 14.3. The first-order valence-electron chi connectivity index (χ1n) is 10.3. The highest BCUT2D eigenvalue weighted by molar-refractivity contribution is 7.98. The summed E-state index contributed by atoms with van der Waals surface area (Å²) in [4.78, 5) is 16.9. The number of nitrogens with one attached hydrogen (secondary N) is 1. The van der Waals surface area contributed by atoms with E-state index in [1.165, 1.54) is 23.1 Å². The van der Waals surface area contributed by atoms with Crippen molar-refractivity contribution in [2.24, 2.45) is 0 Å². The highest BCUT2D eigenvalue weighted by Gasteiger charge is 2.27. The zero-order valence-electron chi connectivity index (χ0n) is 17.7. The fraction of sp³-hybridized carbons (Fsp3) is 0.217. The number of thiazole rings is 1. The Bertz CT molecular complexity index is 1270. The van der Waals surface area contributed by atoms with Gasteiger partial charge in [-0.05, 0) is 30.7 Å². The minimum atomic E-state index is -0.445. The van der Waals surface area contributed by atoms with Crippen molar-refractivity contribution in [3.63, 3.8) is 0 Å². The Morgan fingerprint density at radius 2 is 1.97 bits per heavy atom. The third-order valence-corrected chi connectivity index (χ3v) is 6.63. The largest absolute Gasteiger partial charge is 0.485 e. The molecule has 2 aromatic carbocycles. The van der Waals surface area contributed by atoms with Crippen LogP contribution in [0, 0.1) is 6.92 Å². The molecule has 1 N–H and O–H groups in total. The predicted molar refractivity (Wildman–Crippen MR) is 125 cm³/mol. The average molecular weight is 481 g/mol. The first-order valence-corrected chi connectivity index (χ1v) is 12.1. The minimum Gasteiger partial charge on any atom is -0.485 e. The monoisotopic (exact) mass is 480 g/mol. The number of amides is 1. The van der Waals surface area contributed by atoms with Crippen molar-refractivity contribution in [3.05, 3.63) is 76.1 Å². The Kier molecular flexibility index (Phi) is 6.27. The average Bonchev–Trinajstić information content (AvgIpc) is 3.48. The Morgan fingerprint density at radius 3 is 2.85 bits per heavy atom. The van der Waals surface area contributed by atoms with E-state index in [9.17, 15) is 4.79 Å². The molecule has 1 amide bonds. The summed E-state index contributed by atoms with van der Waals surface area (Å²) in [5.41, 5.74) is 2.70. The maximum atomic E-state index is 12.3. The van der Waals surface area contributed by atoms with Gasteiger partial charge in [0.05, 0.1) is 12.1 Å². The summed E-state index contributed by atoms with van der Waals surface area (Å²) in [6.45, 7) is 2.27. The molecule has 0 spiro atoms. The van der Waals surface area contributed by atoms with E-state index in [0.29, 0.717) is 35.0 Å². The van der Waals surface area contributed by atoms with E-state index in [4.69, 9.17) is 13.9 Å². The number of fused-ring (bicyclic) bond motifs is 1. The molecule has 8 nitrogen and oxygen atoms in total. The third-order valence-electron chi connectivity index (χ3n) is 4.88. The Labute approximate surface area is 198 Å². The summed E-state index contributed by atoms with van der Waals surface area (Å²) in [6.07, 6.45) is -0.214. The molecule has 0 saturated carbocycles. The van der Waals surface area contributed by atoms with Gasteiger partial charge in [-0.15, -0.1) is 21.5 Å². The van der Waals surface area contributed by atoms with E-state index in [1.807, 2.05) is 60.8 Å². The first-order chi connectivity index (χ1) is 16.1. The molecule has 1 aliphatic rings. The van der Waals surface area contributed by atoms with Crippen LogP contribution in [0.1, 0.15) is 28.3 Å². The number of hydrogen-bond acceptors (Lipinski definition) is 9. The van der Waals surface area contributed by atoms with Gasteiger partial charge in [-0.2, -0.15) is 0 Å². The lowest BCUT2D eigenvalue weighted by Crippen LogP contribution is -2.21. The molecule has 0 radical (unpaired) electrons. The van der Waals surface area contributed by atoms with Crippen molar-refractivity contribution in [2.45, 2.75) is 30.4 Å². The second-order valence-corrected chi connectivity index (χ2v) is 9.20. The van der Waals surface area contributed by atoms with Crippen molar-refractivity contribution < 1.29 is 18.7 Å². The quantitative estimate of drug-likeness (QED) is 0.376. The molecule has 168 valence electrons. The Hall–Kier alpha value is -3.37. The molecule has 0 fully saturated rings. The fourth-order valence-electron chi connectivity index (χ4n) is 3.23. The number of nitrogens with zero attached hydrogens (tertiary/aromatic N) is 3. The Balaban J connectivity index is 1.14. The van der Waals surface area contributed by atoms with Crippen LogP contribution < -0.4 is 14.8 Å². The highest BCUT2D eigenvalue weighted by Crippen LogP contribution is 2.36. The van der Waals surface area contributed by atoms with Gasteiger partial charge in [-0.25, -0.2) is 4.98 Å². The molecule has 4 aromatic rings. The maximum Gasteiger partial charge on any atom is 0.277 e. The van der Waals surface area contributed by atoms with Crippen LogP contribution in [0.15, 0.2) is 63.6 Å². The predicted octanol–water partition coefficient (Wildman–Crippen LogP) is 4.82. The second-order valence-electron chi connectivity index (χ2n) is 7.33. The van der Waals surface area contributed by atoms with E-state index in [1.54, 1.807) is 0 Å². The van der Waals surface area contributed by atoms with Crippen LogP contribution in [0.4, 0.5) is 5.69 Å². The maximum absolute atomic E-state index is 12.3. The van der Waals surface area contributed by atoms with Gasteiger partial charge in [-0.1, -0.05) is 42.1 Å². The van der Waals surface area contributed by atoms with Crippen molar-refractivity contribution >= 4 is 34.7 Å².